The van der Waals surface area contributed by atoms with Crippen molar-refractivity contribution < 1.29 is 18.0 Å². The highest BCUT2D eigenvalue weighted by Crippen LogP contribution is 2.37. The number of hydrogen-bond acceptors (Lipinski definition) is 4. The smallest absolute Gasteiger partial charge is 0.245 e. The van der Waals surface area contributed by atoms with E-state index in [0.29, 0.717) is 19.4 Å². The molecular formula is C19H27N3O4S. The highest BCUT2D eigenvalue weighted by atomic mass is 32.2. The van der Waals surface area contributed by atoms with Crippen LogP contribution in [0.4, 0.5) is 5.69 Å². The van der Waals surface area contributed by atoms with Crippen molar-refractivity contribution in [2.24, 2.45) is 0 Å². The maximum absolute atomic E-state index is 13.2. The first-order valence-electron chi connectivity index (χ1n) is 9.39. The summed E-state index contributed by atoms with van der Waals surface area (Å²) in [6.07, 6.45) is 1.12. The van der Waals surface area contributed by atoms with E-state index in [4.69, 9.17) is 0 Å². The third-order valence-corrected chi connectivity index (χ3v) is 7.15. The first-order chi connectivity index (χ1) is 12.7. The van der Waals surface area contributed by atoms with Crippen LogP contribution in [0.5, 0.6) is 0 Å². The average Bonchev–Trinajstić information content (AvgIpc) is 3.07. The number of amides is 2. The molecule has 1 fully saturated rings. The summed E-state index contributed by atoms with van der Waals surface area (Å²) in [7, 11) is -3.76. The lowest BCUT2D eigenvalue weighted by Gasteiger charge is -2.33. The first-order valence-corrected chi connectivity index (χ1v) is 10.8. The number of rotatable bonds is 4. The van der Waals surface area contributed by atoms with E-state index in [1.54, 1.807) is 23.1 Å². The van der Waals surface area contributed by atoms with Crippen molar-refractivity contribution in [3.63, 3.8) is 0 Å². The van der Waals surface area contributed by atoms with Gasteiger partial charge in [-0.15, -0.1) is 0 Å². The van der Waals surface area contributed by atoms with E-state index in [9.17, 15) is 18.0 Å². The molecule has 1 aromatic carbocycles. The van der Waals surface area contributed by atoms with Crippen molar-refractivity contribution in [1.82, 2.24) is 9.21 Å². The van der Waals surface area contributed by atoms with E-state index in [-0.39, 0.29) is 41.0 Å². The number of para-hydroxylation sites is 1. The molecule has 0 saturated carbocycles. The molecule has 0 aliphatic carbocycles. The second kappa shape index (κ2) is 7.24. The molecule has 0 N–H and O–H groups in total. The van der Waals surface area contributed by atoms with Crippen LogP contribution >= 0.6 is 0 Å². The summed E-state index contributed by atoms with van der Waals surface area (Å²) in [5.74, 6) is -0.506. The van der Waals surface area contributed by atoms with E-state index in [1.807, 2.05) is 27.7 Å². The van der Waals surface area contributed by atoms with Crippen LogP contribution < -0.4 is 4.90 Å². The molecule has 2 heterocycles. The SMILES string of the molecule is CC(C)N(C(=O)CN1C(=O)[C@@H]2CCCN2S(=O)(=O)c2ccccc21)C(C)C. The van der Waals surface area contributed by atoms with Crippen molar-refractivity contribution in [2.45, 2.75) is 63.6 Å². The fraction of sp³-hybridized carbons (Fsp3) is 0.579. The van der Waals surface area contributed by atoms with Gasteiger partial charge in [-0.3, -0.25) is 9.59 Å². The molecule has 7 nitrogen and oxygen atoms in total. The van der Waals surface area contributed by atoms with E-state index >= 15 is 0 Å². The zero-order chi connectivity index (χ0) is 19.9. The Bertz CT molecular complexity index is 842. The molecule has 1 saturated heterocycles. The fourth-order valence-electron chi connectivity index (χ4n) is 4.15. The number of carbonyl (C=O) groups is 2. The van der Waals surface area contributed by atoms with Gasteiger partial charge in [-0.2, -0.15) is 4.31 Å². The van der Waals surface area contributed by atoms with Crippen LogP contribution in [0.15, 0.2) is 29.2 Å². The lowest BCUT2D eigenvalue weighted by molar-refractivity contribution is -0.135. The van der Waals surface area contributed by atoms with Gasteiger partial charge in [0.1, 0.15) is 17.5 Å². The van der Waals surface area contributed by atoms with Gasteiger partial charge in [0.05, 0.1) is 5.69 Å². The average molecular weight is 394 g/mol. The van der Waals surface area contributed by atoms with Crippen molar-refractivity contribution in [2.75, 3.05) is 18.0 Å². The highest BCUT2D eigenvalue weighted by molar-refractivity contribution is 7.89. The monoisotopic (exact) mass is 393 g/mol. The Morgan fingerprint density at radius 1 is 1.19 bits per heavy atom. The zero-order valence-electron chi connectivity index (χ0n) is 16.3. The molecule has 1 atom stereocenters. The quantitative estimate of drug-likeness (QED) is 0.782. The van der Waals surface area contributed by atoms with E-state index in [0.717, 1.165) is 0 Å². The minimum Gasteiger partial charge on any atom is -0.336 e. The standard InChI is InChI=1S/C19H27N3O4S/c1-13(2)22(14(3)4)18(23)12-20-15-8-5-6-10-17(15)27(25,26)21-11-7-9-16(21)19(20)24/h5-6,8,10,13-14,16H,7,9,11-12H2,1-4H3/t16-/m0/s1. The van der Waals surface area contributed by atoms with Crippen molar-refractivity contribution in [3.05, 3.63) is 24.3 Å². The Morgan fingerprint density at radius 2 is 1.81 bits per heavy atom. The van der Waals surface area contributed by atoms with Crippen LogP contribution in [0, 0.1) is 0 Å². The number of sulfonamides is 1. The predicted molar refractivity (Wildman–Crippen MR) is 103 cm³/mol. The Morgan fingerprint density at radius 3 is 2.44 bits per heavy atom. The topological polar surface area (TPSA) is 78.0 Å². The zero-order valence-corrected chi connectivity index (χ0v) is 17.1. The van der Waals surface area contributed by atoms with Gasteiger partial charge in [-0.05, 0) is 52.7 Å². The van der Waals surface area contributed by atoms with Gasteiger partial charge in [0.15, 0.2) is 0 Å². The number of nitrogens with zero attached hydrogens (tertiary/aromatic N) is 3. The molecule has 148 valence electrons. The molecule has 1 aromatic rings. The van der Waals surface area contributed by atoms with E-state index < -0.39 is 16.1 Å². The molecular weight excluding hydrogens is 366 g/mol. The van der Waals surface area contributed by atoms with Gasteiger partial charge < -0.3 is 9.80 Å². The summed E-state index contributed by atoms with van der Waals surface area (Å²) in [4.78, 5) is 29.4. The van der Waals surface area contributed by atoms with Crippen LogP contribution in [0.3, 0.4) is 0 Å². The number of anilines is 1. The molecule has 0 radical (unpaired) electrons. The Kier molecular flexibility index (Phi) is 5.31. The molecule has 2 aliphatic rings. The molecule has 0 unspecified atom stereocenters. The summed E-state index contributed by atoms with van der Waals surface area (Å²) >= 11 is 0. The van der Waals surface area contributed by atoms with Gasteiger partial charge in [0.25, 0.3) is 0 Å². The lowest BCUT2D eigenvalue weighted by Crippen LogP contribution is -2.51. The molecule has 0 bridgehead atoms. The summed E-state index contributed by atoms with van der Waals surface area (Å²) in [5.41, 5.74) is 0.290. The van der Waals surface area contributed by atoms with Crippen LogP contribution in [-0.2, 0) is 19.6 Å². The largest absolute Gasteiger partial charge is 0.336 e. The van der Waals surface area contributed by atoms with Crippen molar-refractivity contribution >= 4 is 27.5 Å². The lowest BCUT2D eigenvalue weighted by atomic mass is 10.1. The minimum absolute atomic E-state index is 0.0125. The van der Waals surface area contributed by atoms with E-state index in [1.165, 1.54) is 15.3 Å². The van der Waals surface area contributed by atoms with Gasteiger partial charge in [-0.1, -0.05) is 12.1 Å². The molecule has 3 rings (SSSR count). The molecule has 27 heavy (non-hydrogen) atoms. The summed E-state index contributed by atoms with van der Waals surface area (Å²) < 4.78 is 27.5. The summed E-state index contributed by atoms with van der Waals surface area (Å²) in [6, 6.07) is 5.70. The molecule has 2 amide bonds. The number of fused-ring (bicyclic) bond motifs is 2. The molecule has 8 heteroatoms. The molecule has 2 aliphatic heterocycles. The minimum atomic E-state index is -3.76. The number of hydrogen-bond donors (Lipinski definition) is 0. The third kappa shape index (κ3) is 3.36. The van der Waals surface area contributed by atoms with Crippen molar-refractivity contribution in [1.29, 1.82) is 0 Å². The Balaban J connectivity index is 2.06. The fourth-order valence-corrected chi connectivity index (χ4v) is 6.00. The third-order valence-electron chi connectivity index (χ3n) is 5.19. The highest BCUT2D eigenvalue weighted by Gasteiger charge is 2.46. The van der Waals surface area contributed by atoms with Crippen LogP contribution in [0.25, 0.3) is 0 Å². The maximum Gasteiger partial charge on any atom is 0.245 e. The van der Waals surface area contributed by atoms with Gasteiger partial charge in [0.2, 0.25) is 21.8 Å². The Labute approximate surface area is 161 Å². The van der Waals surface area contributed by atoms with Crippen LogP contribution in [0.2, 0.25) is 0 Å². The second-order valence-electron chi connectivity index (χ2n) is 7.65. The summed E-state index contributed by atoms with van der Waals surface area (Å²) in [6.45, 7) is 7.89. The molecule has 0 spiro atoms. The van der Waals surface area contributed by atoms with Crippen molar-refractivity contribution in [3.8, 4) is 0 Å². The maximum atomic E-state index is 13.2. The van der Waals surface area contributed by atoms with Gasteiger partial charge in [-0.25, -0.2) is 8.42 Å². The number of benzene rings is 1. The summed E-state index contributed by atoms with van der Waals surface area (Å²) in [5, 5.41) is 0. The second-order valence-corrected chi connectivity index (χ2v) is 9.51. The predicted octanol–water partition coefficient (Wildman–Crippen LogP) is 1.83. The molecule has 0 aromatic heterocycles. The van der Waals surface area contributed by atoms with Crippen LogP contribution in [0.1, 0.15) is 40.5 Å². The van der Waals surface area contributed by atoms with E-state index in [2.05, 4.69) is 0 Å². The first kappa shape index (κ1) is 19.8. The Hall–Kier alpha value is -1.93. The van der Waals surface area contributed by atoms with Gasteiger partial charge >= 0.3 is 0 Å². The van der Waals surface area contributed by atoms with Crippen LogP contribution in [-0.4, -0.2) is 60.7 Å². The van der Waals surface area contributed by atoms with Gasteiger partial charge in [0, 0.05) is 18.6 Å². The number of carbonyl (C=O) groups excluding carboxylic acids is 2. The normalized spacial score (nSPS) is 21.9.